The normalized spacial score (nSPS) is 12.6. The van der Waals surface area contributed by atoms with Gasteiger partial charge in [0.1, 0.15) is 5.75 Å². The molecule has 3 rings (SSSR count). The second-order valence-electron chi connectivity index (χ2n) is 7.16. The van der Waals surface area contributed by atoms with E-state index in [4.69, 9.17) is 0 Å². The molecule has 0 fully saturated rings. The highest BCUT2D eigenvalue weighted by Crippen LogP contribution is 2.37. The van der Waals surface area contributed by atoms with Crippen LogP contribution >= 0.6 is 0 Å². The van der Waals surface area contributed by atoms with Crippen LogP contribution in [0.25, 0.3) is 0 Å². The third kappa shape index (κ3) is 6.08. The maximum atomic E-state index is 13.2. The van der Waals surface area contributed by atoms with Crippen LogP contribution in [0.5, 0.6) is 5.75 Å². The molecule has 2 aromatic carbocycles. The molecular formula is C21H14F9N3O. The Kier molecular flexibility index (Phi) is 6.67. The second kappa shape index (κ2) is 9.03. The molecule has 0 aliphatic heterocycles. The van der Waals surface area contributed by atoms with Gasteiger partial charge >= 0.3 is 18.5 Å². The Hall–Kier alpha value is -3.51. The predicted molar refractivity (Wildman–Crippen MR) is 101 cm³/mol. The van der Waals surface area contributed by atoms with E-state index in [9.17, 15) is 44.6 Å². The quantitative estimate of drug-likeness (QED) is 0.414. The summed E-state index contributed by atoms with van der Waals surface area (Å²) in [7, 11) is 0. The molecule has 1 aromatic heterocycles. The average molecular weight is 495 g/mol. The van der Waals surface area contributed by atoms with Crippen LogP contribution < -0.4 is 4.90 Å². The number of rotatable bonds is 5. The summed E-state index contributed by atoms with van der Waals surface area (Å²) in [5.74, 6) is -0.751. The number of hydrogen-bond acceptors (Lipinski definition) is 4. The van der Waals surface area contributed by atoms with E-state index in [0.717, 1.165) is 11.0 Å². The van der Waals surface area contributed by atoms with Crippen molar-refractivity contribution < 1.29 is 44.6 Å². The minimum Gasteiger partial charge on any atom is -0.508 e. The Morgan fingerprint density at radius 1 is 0.676 bits per heavy atom. The van der Waals surface area contributed by atoms with Crippen molar-refractivity contribution in [2.24, 2.45) is 0 Å². The Morgan fingerprint density at radius 2 is 1.21 bits per heavy atom. The zero-order valence-electron chi connectivity index (χ0n) is 16.8. The fourth-order valence-corrected chi connectivity index (χ4v) is 3.08. The minimum absolute atomic E-state index is 0.0362. The fourth-order valence-electron chi connectivity index (χ4n) is 3.08. The van der Waals surface area contributed by atoms with Crippen LogP contribution in [0, 0.1) is 0 Å². The van der Waals surface area contributed by atoms with E-state index in [1.807, 2.05) is 0 Å². The van der Waals surface area contributed by atoms with Crippen LogP contribution in [-0.4, -0.2) is 15.1 Å². The van der Waals surface area contributed by atoms with E-state index in [2.05, 4.69) is 9.97 Å². The molecule has 1 N–H and O–H groups in total. The Morgan fingerprint density at radius 3 is 1.71 bits per heavy atom. The summed E-state index contributed by atoms with van der Waals surface area (Å²) in [5, 5.41) is 10.0. The van der Waals surface area contributed by atoms with Gasteiger partial charge in [-0.05, 0) is 48.0 Å². The number of benzene rings is 2. The van der Waals surface area contributed by atoms with E-state index >= 15 is 0 Å². The molecule has 0 spiro atoms. The molecule has 13 heteroatoms. The Labute approximate surface area is 186 Å². The van der Waals surface area contributed by atoms with Crippen molar-refractivity contribution in [3.63, 3.8) is 0 Å². The SMILES string of the molecule is Oc1ccc(C(F)(F)F)cc1CN(Cc1cc(C(F)(F)F)cc(C(F)(F)F)c1)c1ncccn1. The van der Waals surface area contributed by atoms with Gasteiger partial charge in [0.05, 0.1) is 16.7 Å². The number of phenols is 1. The van der Waals surface area contributed by atoms with Crippen molar-refractivity contribution in [1.82, 2.24) is 9.97 Å². The number of anilines is 1. The molecule has 0 unspecified atom stereocenters. The molecule has 3 aromatic rings. The van der Waals surface area contributed by atoms with Crippen molar-refractivity contribution in [3.05, 3.63) is 82.7 Å². The molecule has 0 aliphatic rings. The highest BCUT2D eigenvalue weighted by Gasteiger charge is 2.37. The van der Waals surface area contributed by atoms with E-state index in [0.29, 0.717) is 24.3 Å². The van der Waals surface area contributed by atoms with Crippen LogP contribution in [0.3, 0.4) is 0 Å². The van der Waals surface area contributed by atoms with Gasteiger partial charge in [0, 0.05) is 31.0 Å². The molecule has 0 bridgehead atoms. The lowest BCUT2D eigenvalue weighted by Gasteiger charge is -2.24. The Balaban J connectivity index is 2.06. The van der Waals surface area contributed by atoms with E-state index in [1.165, 1.54) is 18.5 Å². The van der Waals surface area contributed by atoms with Crippen LogP contribution in [0.15, 0.2) is 54.9 Å². The summed E-state index contributed by atoms with van der Waals surface area (Å²) in [6.45, 7) is -1.18. The van der Waals surface area contributed by atoms with Crippen LogP contribution in [0.1, 0.15) is 27.8 Å². The van der Waals surface area contributed by atoms with E-state index in [1.54, 1.807) is 0 Å². The summed E-state index contributed by atoms with van der Waals surface area (Å²) < 4.78 is 119. The topological polar surface area (TPSA) is 49.2 Å². The largest absolute Gasteiger partial charge is 0.508 e. The van der Waals surface area contributed by atoms with Crippen molar-refractivity contribution in [3.8, 4) is 5.75 Å². The van der Waals surface area contributed by atoms with Gasteiger partial charge in [0.15, 0.2) is 0 Å². The molecule has 0 saturated heterocycles. The highest BCUT2D eigenvalue weighted by molar-refractivity contribution is 5.43. The fraction of sp³-hybridized carbons (Fsp3) is 0.238. The summed E-state index contributed by atoms with van der Waals surface area (Å²) in [4.78, 5) is 8.81. The lowest BCUT2D eigenvalue weighted by atomic mass is 10.0. The molecule has 4 nitrogen and oxygen atoms in total. The molecule has 0 aliphatic carbocycles. The van der Waals surface area contributed by atoms with Gasteiger partial charge in [0.25, 0.3) is 0 Å². The smallest absolute Gasteiger partial charge is 0.416 e. The van der Waals surface area contributed by atoms with Crippen molar-refractivity contribution in [1.29, 1.82) is 0 Å². The lowest BCUT2D eigenvalue weighted by Crippen LogP contribution is -2.25. The first-order valence-corrected chi connectivity index (χ1v) is 9.34. The highest BCUT2D eigenvalue weighted by atomic mass is 19.4. The molecule has 34 heavy (non-hydrogen) atoms. The lowest BCUT2D eigenvalue weighted by molar-refractivity contribution is -0.143. The summed E-state index contributed by atoms with van der Waals surface area (Å²) in [5.41, 5.74) is -4.93. The zero-order valence-corrected chi connectivity index (χ0v) is 16.8. The molecular weight excluding hydrogens is 481 g/mol. The third-order valence-electron chi connectivity index (χ3n) is 4.62. The molecule has 1 heterocycles. The first kappa shape index (κ1) is 25.1. The van der Waals surface area contributed by atoms with E-state index in [-0.39, 0.29) is 17.6 Å². The number of halogens is 9. The van der Waals surface area contributed by atoms with Crippen molar-refractivity contribution in [2.45, 2.75) is 31.6 Å². The maximum Gasteiger partial charge on any atom is 0.416 e. The number of hydrogen-bond donors (Lipinski definition) is 1. The number of nitrogens with zero attached hydrogens (tertiary/aromatic N) is 3. The predicted octanol–water partition coefficient (Wildman–Crippen LogP) is 6.45. The van der Waals surface area contributed by atoms with Crippen LogP contribution in [-0.2, 0) is 31.6 Å². The summed E-state index contributed by atoms with van der Waals surface area (Å²) >= 11 is 0. The number of alkyl halides is 9. The Bertz CT molecular complexity index is 1110. The second-order valence-corrected chi connectivity index (χ2v) is 7.16. The van der Waals surface area contributed by atoms with Gasteiger partial charge in [-0.15, -0.1) is 0 Å². The van der Waals surface area contributed by atoms with Crippen molar-refractivity contribution in [2.75, 3.05) is 4.90 Å². The van der Waals surface area contributed by atoms with Gasteiger partial charge in [-0.3, -0.25) is 0 Å². The van der Waals surface area contributed by atoms with Gasteiger partial charge in [0.2, 0.25) is 5.95 Å². The monoisotopic (exact) mass is 495 g/mol. The first-order chi connectivity index (χ1) is 15.6. The van der Waals surface area contributed by atoms with Crippen LogP contribution in [0.2, 0.25) is 0 Å². The number of aromatic nitrogens is 2. The molecule has 0 radical (unpaired) electrons. The zero-order chi connectivity index (χ0) is 25.3. The summed E-state index contributed by atoms with van der Waals surface area (Å²) in [6, 6.07) is 4.38. The third-order valence-corrected chi connectivity index (χ3v) is 4.62. The number of aromatic hydroxyl groups is 1. The average Bonchev–Trinajstić information content (AvgIpc) is 2.73. The number of phenolic OH excluding ortho intramolecular Hbond substituents is 1. The molecule has 0 atom stereocenters. The summed E-state index contributed by atoms with van der Waals surface area (Å²) in [6.07, 6.45) is -12.4. The van der Waals surface area contributed by atoms with Crippen LogP contribution in [0.4, 0.5) is 45.5 Å². The van der Waals surface area contributed by atoms with Gasteiger partial charge in [-0.2, -0.15) is 39.5 Å². The molecule has 0 saturated carbocycles. The van der Waals surface area contributed by atoms with Gasteiger partial charge < -0.3 is 10.0 Å². The molecule has 182 valence electrons. The molecule has 0 amide bonds. The van der Waals surface area contributed by atoms with Gasteiger partial charge in [-0.25, -0.2) is 9.97 Å². The van der Waals surface area contributed by atoms with E-state index < -0.39 is 59.6 Å². The minimum atomic E-state index is -5.08. The maximum absolute atomic E-state index is 13.2. The standard InChI is InChI=1S/C21H14F9N3O/c22-19(23,24)14-2-3-17(34)13(8-14)11-33(18-31-4-1-5-32-18)10-12-6-15(20(25,26)27)9-16(7-12)21(28,29)30/h1-9,34H,10-11H2. The first-order valence-electron chi connectivity index (χ1n) is 9.34. The van der Waals surface area contributed by atoms with Crippen molar-refractivity contribution >= 4 is 5.95 Å². The van der Waals surface area contributed by atoms with Gasteiger partial charge in [-0.1, -0.05) is 0 Å².